The van der Waals surface area contributed by atoms with Gasteiger partial charge in [0.25, 0.3) is 0 Å². The van der Waals surface area contributed by atoms with Gasteiger partial charge < -0.3 is 10.1 Å². The highest BCUT2D eigenvalue weighted by atomic mass is 16.5. The molecule has 0 unspecified atom stereocenters. The smallest absolute Gasteiger partial charge is 0.312 e. The second kappa shape index (κ2) is 8.52. The number of esters is 1. The van der Waals surface area contributed by atoms with Gasteiger partial charge in [-0.3, -0.25) is 4.79 Å². The van der Waals surface area contributed by atoms with E-state index < -0.39 is 0 Å². The molecule has 1 rings (SSSR count). The van der Waals surface area contributed by atoms with Gasteiger partial charge in [-0.25, -0.2) is 0 Å². The Kier molecular flexibility index (Phi) is 7.33. The molecule has 18 heavy (non-hydrogen) atoms. The Labute approximate surface area is 112 Å². The maximum atomic E-state index is 12.2. The van der Waals surface area contributed by atoms with Crippen LogP contribution in [0.15, 0.2) is 0 Å². The van der Waals surface area contributed by atoms with Crippen LogP contribution in [0.1, 0.15) is 65.2 Å². The summed E-state index contributed by atoms with van der Waals surface area (Å²) in [4.78, 5) is 12.2. The topological polar surface area (TPSA) is 38.3 Å². The molecule has 3 nitrogen and oxygen atoms in total. The molecule has 0 atom stereocenters. The van der Waals surface area contributed by atoms with E-state index in [0.717, 1.165) is 38.8 Å². The fourth-order valence-corrected chi connectivity index (χ4v) is 2.63. The summed E-state index contributed by atoms with van der Waals surface area (Å²) in [6, 6.07) is 0. The van der Waals surface area contributed by atoms with E-state index in [4.69, 9.17) is 4.74 Å². The van der Waals surface area contributed by atoms with Crippen molar-refractivity contribution >= 4 is 5.97 Å². The Morgan fingerprint density at radius 1 is 1.11 bits per heavy atom. The molecule has 3 heteroatoms. The summed E-state index contributed by atoms with van der Waals surface area (Å²) in [7, 11) is 0. The van der Waals surface area contributed by atoms with Crippen molar-refractivity contribution in [3.8, 4) is 0 Å². The molecule has 1 N–H and O–H groups in total. The third-order valence-electron chi connectivity index (χ3n) is 4.15. The maximum Gasteiger partial charge on any atom is 0.312 e. The molecule has 0 aliphatic carbocycles. The number of carbonyl (C=O) groups excluding carboxylic acids is 1. The first-order valence-electron chi connectivity index (χ1n) is 7.63. The van der Waals surface area contributed by atoms with Gasteiger partial charge in [0.1, 0.15) is 0 Å². The lowest BCUT2D eigenvalue weighted by Crippen LogP contribution is -2.42. The van der Waals surface area contributed by atoms with Crippen LogP contribution in [0.3, 0.4) is 0 Å². The van der Waals surface area contributed by atoms with Crippen molar-refractivity contribution in [2.24, 2.45) is 5.41 Å². The number of rotatable bonds is 8. The zero-order chi connectivity index (χ0) is 13.3. The quantitative estimate of drug-likeness (QED) is 0.534. The van der Waals surface area contributed by atoms with Gasteiger partial charge in [0, 0.05) is 0 Å². The lowest BCUT2D eigenvalue weighted by molar-refractivity contribution is -0.158. The van der Waals surface area contributed by atoms with E-state index >= 15 is 0 Å². The van der Waals surface area contributed by atoms with Crippen LogP contribution in [-0.4, -0.2) is 25.7 Å². The maximum absolute atomic E-state index is 12.2. The molecular formula is C15H29NO2. The summed E-state index contributed by atoms with van der Waals surface area (Å²) in [5, 5.41) is 3.31. The van der Waals surface area contributed by atoms with Gasteiger partial charge in [-0.05, 0) is 38.8 Å². The van der Waals surface area contributed by atoms with Gasteiger partial charge in [0.2, 0.25) is 0 Å². The van der Waals surface area contributed by atoms with E-state index in [2.05, 4.69) is 19.2 Å². The molecule has 0 aromatic heterocycles. The molecule has 0 spiro atoms. The highest BCUT2D eigenvalue weighted by Crippen LogP contribution is 2.33. The summed E-state index contributed by atoms with van der Waals surface area (Å²) in [5.41, 5.74) is -0.200. The summed E-state index contributed by atoms with van der Waals surface area (Å²) < 4.78 is 5.49. The van der Waals surface area contributed by atoms with E-state index in [9.17, 15) is 4.79 Å². The number of ether oxygens (including phenoxy) is 1. The number of carbonyl (C=O) groups is 1. The Balaban J connectivity index is 2.21. The van der Waals surface area contributed by atoms with Crippen molar-refractivity contribution in [2.45, 2.75) is 65.2 Å². The third-order valence-corrected chi connectivity index (χ3v) is 4.15. The Hall–Kier alpha value is -0.570. The van der Waals surface area contributed by atoms with E-state index in [1.165, 1.54) is 25.7 Å². The van der Waals surface area contributed by atoms with Gasteiger partial charge in [-0.15, -0.1) is 0 Å². The minimum atomic E-state index is -0.200. The molecule has 1 fully saturated rings. The second-order valence-corrected chi connectivity index (χ2v) is 5.43. The Morgan fingerprint density at radius 2 is 1.78 bits per heavy atom. The first-order valence-corrected chi connectivity index (χ1v) is 7.63. The van der Waals surface area contributed by atoms with Crippen LogP contribution in [-0.2, 0) is 9.53 Å². The Bertz CT molecular complexity index is 235. The van der Waals surface area contributed by atoms with Crippen molar-refractivity contribution < 1.29 is 9.53 Å². The monoisotopic (exact) mass is 255 g/mol. The van der Waals surface area contributed by atoms with Crippen LogP contribution in [0, 0.1) is 5.41 Å². The van der Waals surface area contributed by atoms with E-state index in [1.54, 1.807) is 0 Å². The molecule has 1 aliphatic rings. The van der Waals surface area contributed by atoms with Crippen molar-refractivity contribution in [3.05, 3.63) is 0 Å². The zero-order valence-electron chi connectivity index (χ0n) is 12.1. The molecule has 0 aromatic carbocycles. The van der Waals surface area contributed by atoms with Crippen LogP contribution >= 0.6 is 0 Å². The van der Waals surface area contributed by atoms with Crippen LogP contribution in [0.5, 0.6) is 0 Å². The predicted molar refractivity (Wildman–Crippen MR) is 74.5 cm³/mol. The predicted octanol–water partition coefficient (Wildman–Crippen LogP) is 3.28. The molecule has 1 heterocycles. The van der Waals surface area contributed by atoms with E-state index in [0.29, 0.717) is 6.61 Å². The van der Waals surface area contributed by atoms with Crippen molar-refractivity contribution in [2.75, 3.05) is 19.7 Å². The van der Waals surface area contributed by atoms with Gasteiger partial charge in [-0.2, -0.15) is 0 Å². The SMILES string of the molecule is CCCCCCCOC(=O)C1(CC)CCNCC1. The average molecular weight is 255 g/mol. The molecule has 106 valence electrons. The largest absolute Gasteiger partial charge is 0.465 e. The van der Waals surface area contributed by atoms with Gasteiger partial charge in [0.15, 0.2) is 0 Å². The molecule has 0 saturated carbocycles. The van der Waals surface area contributed by atoms with Crippen molar-refractivity contribution in [1.29, 1.82) is 0 Å². The molecule has 0 aromatic rings. The summed E-state index contributed by atoms with van der Waals surface area (Å²) in [6.45, 7) is 6.81. The highest BCUT2D eigenvalue weighted by molar-refractivity contribution is 5.77. The molecular weight excluding hydrogens is 226 g/mol. The third kappa shape index (κ3) is 4.60. The fraction of sp³-hybridized carbons (Fsp3) is 0.933. The van der Waals surface area contributed by atoms with E-state index in [1.807, 2.05) is 0 Å². The lowest BCUT2D eigenvalue weighted by atomic mass is 9.77. The summed E-state index contributed by atoms with van der Waals surface area (Å²) in [5.74, 6) is 0.0435. The van der Waals surface area contributed by atoms with Crippen LogP contribution in [0.2, 0.25) is 0 Å². The van der Waals surface area contributed by atoms with Crippen LogP contribution in [0.4, 0.5) is 0 Å². The molecule has 1 saturated heterocycles. The minimum Gasteiger partial charge on any atom is -0.465 e. The van der Waals surface area contributed by atoms with Crippen LogP contribution in [0.25, 0.3) is 0 Å². The first kappa shape index (κ1) is 15.5. The van der Waals surface area contributed by atoms with Gasteiger partial charge in [0.05, 0.1) is 12.0 Å². The second-order valence-electron chi connectivity index (χ2n) is 5.43. The number of unbranched alkanes of at least 4 members (excludes halogenated alkanes) is 4. The highest BCUT2D eigenvalue weighted by Gasteiger charge is 2.39. The van der Waals surface area contributed by atoms with Crippen molar-refractivity contribution in [3.63, 3.8) is 0 Å². The number of hydrogen-bond acceptors (Lipinski definition) is 3. The summed E-state index contributed by atoms with van der Waals surface area (Å²) >= 11 is 0. The zero-order valence-corrected chi connectivity index (χ0v) is 12.1. The van der Waals surface area contributed by atoms with Gasteiger partial charge >= 0.3 is 5.97 Å². The fourth-order valence-electron chi connectivity index (χ4n) is 2.63. The standard InChI is InChI=1S/C15H29NO2/c1-3-5-6-7-8-13-18-14(17)15(4-2)9-11-16-12-10-15/h16H,3-13H2,1-2H3. The number of piperidine rings is 1. The number of nitrogens with one attached hydrogen (secondary N) is 1. The molecule has 0 radical (unpaired) electrons. The number of hydrogen-bond donors (Lipinski definition) is 1. The molecule has 0 bridgehead atoms. The van der Waals surface area contributed by atoms with Crippen molar-refractivity contribution in [1.82, 2.24) is 5.32 Å². The molecule has 1 aliphatic heterocycles. The van der Waals surface area contributed by atoms with Gasteiger partial charge in [-0.1, -0.05) is 39.5 Å². The molecule has 0 amide bonds. The Morgan fingerprint density at radius 3 is 2.39 bits per heavy atom. The minimum absolute atomic E-state index is 0.0435. The van der Waals surface area contributed by atoms with E-state index in [-0.39, 0.29) is 11.4 Å². The van der Waals surface area contributed by atoms with Crippen LogP contribution < -0.4 is 5.32 Å². The average Bonchev–Trinajstić information content (AvgIpc) is 2.43. The first-order chi connectivity index (χ1) is 8.75. The summed E-state index contributed by atoms with van der Waals surface area (Å²) in [6.07, 6.45) is 8.77. The normalized spacial score (nSPS) is 18.6. The lowest BCUT2D eigenvalue weighted by Gasteiger charge is -2.34.